The molecular weight excluding hydrogens is 288 g/mol. The number of rotatable bonds is 9. The molecule has 5 heteroatoms. The van der Waals surface area contributed by atoms with Crippen molar-refractivity contribution in [2.45, 2.75) is 57.5 Å². The first kappa shape index (κ1) is 18.1. The molecule has 0 aromatic heterocycles. The van der Waals surface area contributed by atoms with Crippen molar-refractivity contribution in [2.75, 3.05) is 6.61 Å². The van der Waals surface area contributed by atoms with Crippen LogP contribution in [0.2, 0.25) is 0 Å². The summed E-state index contributed by atoms with van der Waals surface area (Å²) in [6, 6.07) is 6.47. The fourth-order valence-electron chi connectivity index (χ4n) is 1.93. The number of aliphatic hydroxyl groups excluding tert-OH is 1. The van der Waals surface area contributed by atoms with Crippen molar-refractivity contribution in [3.8, 4) is 0 Å². The van der Waals surface area contributed by atoms with Gasteiger partial charge in [-0.2, -0.15) is 8.42 Å². The second-order valence-electron chi connectivity index (χ2n) is 5.65. The van der Waals surface area contributed by atoms with E-state index in [1.165, 1.54) is 12.1 Å². The molecule has 0 radical (unpaired) electrons. The molecule has 0 heterocycles. The maximum absolute atomic E-state index is 11.9. The molecule has 0 aliphatic carbocycles. The molecular formula is C16H26O4S. The predicted molar refractivity (Wildman–Crippen MR) is 83.6 cm³/mol. The van der Waals surface area contributed by atoms with Crippen molar-refractivity contribution < 1.29 is 17.7 Å². The van der Waals surface area contributed by atoms with Crippen molar-refractivity contribution in [2.24, 2.45) is 5.92 Å². The first-order valence-corrected chi connectivity index (χ1v) is 8.90. The molecule has 1 rings (SSSR count). The van der Waals surface area contributed by atoms with Crippen molar-refractivity contribution in [1.29, 1.82) is 0 Å². The minimum atomic E-state index is -3.78. The van der Waals surface area contributed by atoms with Gasteiger partial charge >= 0.3 is 0 Å². The van der Waals surface area contributed by atoms with Gasteiger partial charge < -0.3 is 5.11 Å². The van der Waals surface area contributed by atoms with Crippen molar-refractivity contribution in [3.05, 3.63) is 29.8 Å². The molecule has 0 bridgehead atoms. The van der Waals surface area contributed by atoms with Gasteiger partial charge in [0.1, 0.15) is 0 Å². The topological polar surface area (TPSA) is 63.6 Å². The Hall–Kier alpha value is -0.910. The quantitative estimate of drug-likeness (QED) is 0.711. The van der Waals surface area contributed by atoms with Crippen LogP contribution in [0.25, 0.3) is 0 Å². The first-order valence-electron chi connectivity index (χ1n) is 7.49. The number of benzene rings is 1. The van der Waals surface area contributed by atoms with Gasteiger partial charge in [-0.1, -0.05) is 50.8 Å². The molecule has 21 heavy (non-hydrogen) atoms. The van der Waals surface area contributed by atoms with Crippen LogP contribution in [0.4, 0.5) is 0 Å². The Kier molecular flexibility index (Phi) is 7.35. The molecule has 0 aliphatic rings. The van der Waals surface area contributed by atoms with Crippen LogP contribution in [0, 0.1) is 12.8 Å². The zero-order chi connectivity index (χ0) is 15.9. The van der Waals surface area contributed by atoms with Crippen LogP contribution >= 0.6 is 0 Å². The normalized spacial score (nSPS) is 14.9. The third-order valence-corrected chi connectivity index (χ3v) is 4.95. The smallest absolute Gasteiger partial charge is 0.297 e. The van der Waals surface area contributed by atoms with Gasteiger partial charge in [0.25, 0.3) is 10.1 Å². The van der Waals surface area contributed by atoms with Crippen LogP contribution in [0.15, 0.2) is 29.2 Å². The highest BCUT2D eigenvalue weighted by Crippen LogP contribution is 2.16. The van der Waals surface area contributed by atoms with Crippen molar-refractivity contribution in [3.63, 3.8) is 0 Å². The van der Waals surface area contributed by atoms with Gasteiger partial charge in [-0.05, 0) is 31.4 Å². The summed E-state index contributed by atoms with van der Waals surface area (Å²) in [5.74, 6) is 0.634. The molecule has 0 aliphatic heterocycles. The summed E-state index contributed by atoms with van der Waals surface area (Å²) in [6.07, 6.45) is 2.86. The van der Waals surface area contributed by atoms with E-state index in [-0.39, 0.29) is 11.5 Å². The third kappa shape index (κ3) is 6.59. The Morgan fingerprint density at radius 1 is 1.19 bits per heavy atom. The number of aliphatic hydroxyl groups is 1. The molecule has 120 valence electrons. The zero-order valence-electron chi connectivity index (χ0n) is 13.1. The molecule has 0 amide bonds. The van der Waals surface area contributed by atoms with Gasteiger partial charge in [0.15, 0.2) is 0 Å². The highest BCUT2D eigenvalue weighted by molar-refractivity contribution is 7.86. The molecule has 0 saturated heterocycles. The van der Waals surface area contributed by atoms with Crippen molar-refractivity contribution >= 4 is 10.1 Å². The zero-order valence-corrected chi connectivity index (χ0v) is 13.9. The Morgan fingerprint density at radius 3 is 2.38 bits per heavy atom. The SMILES string of the molecule is CC[C@H](C)CCC[C@@H](O)COS(=O)(=O)c1ccc(C)cc1. The summed E-state index contributed by atoms with van der Waals surface area (Å²) in [7, 11) is -3.78. The molecule has 4 nitrogen and oxygen atoms in total. The molecule has 0 fully saturated rings. The van der Waals surface area contributed by atoms with E-state index in [4.69, 9.17) is 4.18 Å². The Bertz CT molecular complexity index is 508. The van der Waals surface area contributed by atoms with Crippen LogP contribution in [0.3, 0.4) is 0 Å². The largest absolute Gasteiger partial charge is 0.391 e. The first-order chi connectivity index (χ1) is 9.85. The summed E-state index contributed by atoms with van der Waals surface area (Å²) in [6.45, 7) is 6.01. The molecule has 0 saturated carbocycles. The van der Waals surface area contributed by atoms with E-state index < -0.39 is 16.2 Å². The molecule has 1 aromatic rings. The Labute approximate surface area is 128 Å². The van der Waals surface area contributed by atoms with E-state index in [9.17, 15) is 13.5 Å². The fourth-order valence-corrected chi connectivity index (χ4v) is 2.87. The van der Waals surface area contributed by atoms with Gasteiger partial charge in [-0.25, -0.2) is 0 Å². The van der Waals surface area contributed by atoms with E-state index in [2.05, 4.69) is 13.8 Å². The molecule has 0 spiro atoms. The second kappa shape index (κ2) is 8.51. The highest BCUT2D eigenvalue weighted by atomic mass is 32.2. The van der Waals surface area contributed by atoms with Crippen LogP contribution in [-0.2, 0) is 14.3 Å². The lowest BCUT2D eigenvalue weighted by molar-refractivity contribution is 0.0994. The van der Waals surface area contributed by atoms with Gasteiger partial charge in [0, 0.05) is 0 Å². The van der Waals surface area contributed by atoms with Gasteiger partial charge in [0.2, 0.25) is 0 Å². The Morgan fingerprint density at radius 2 is 1.81 bits per heavy atom. The minimum Gasteiger partial charge on any atom is -0.391 e. The van der Waals surface area contributed by atoms with Crippen LogP contribution in [0.1, 0.15) is 45.1 Å². The van der Waals surface area contributed by atoms with E-state index >= 15 is 0 Å². The van der Waals surface area contributed by atoms with Crippen LogP contribution < -0.4 is 0 Å². The van der Waals surface area contributed by atoms with Crippen LogP contribution in [0.5, 0.6) is 0 Å². The Balaban J connectivity index is 2.41. The van der Waals surface area contributed by atoms with Gasteiger partial charge in [0.05, 0.1) is 17.6 Å². The lowest BCUT2D eigenvalue weighted by atomic mass is 10.0. The monoisotopic (exact) mass is 314 g/mol. The average Bonchev–Trinajstić information content (AvgIpc) is 2.45. The van der Waals surface area contributed by atoms with E-state index in [0.717, 1.165) is 24.8 Å². The summed E-state index contributed by atoms with van der Waals surface area (Å²) >= 11 is 0. The maximum atomic E-state index is 11.9. The van der Waals surface area contributed by atoms with E-state index in [1.807, 2.05) is 6.92 Å². The minimum absolute atomic E-state index is 0.125. The average molecular weight is 314 g/mol. The highest BCUT2D eigenvalue weighted by Gasteiger charge is 2.17. The number of hydrogen-bond acceptors (Lipinski definition) is 4. The van der Waals surface area contributed by atoms with E-state index in [0.29, 0.717) is 12.3 Å². The van der Waals surface area contributed by atoms with Gasteiger partial charge in [-0.15, -0.1) is 0 Å². The molecule has 0 unspecified atom stereocenters. The predicted octanol–water partition coefficient (Wildman–Crippen LogP) is 3.28. The summed E-state index contributed by atoms with van der Waals surface area (Å²) < 4.78 is 28.8. The number of aryl methyl sites for hydroxylation is 1. The lowest BCUT2D eigenvalue weighted by Gasteiger charge is -2.13. The van der Waals surface area contributed by atoms with Crippen LogP contribution in [-0.4, -0.2) is 26.2 Å². The molecule has 2 atom stereocenters. The fraction of sp³-hybridized carbons (Fsp3) is 0.625. The standard InChI is InChI=1S/C16H26O4S/c1-4-13(2)6-5-7-15(17)12-20-21(18,19)16-10-8-14(3)9-11-16/h8-11,13,15,17H,4-7,12H2,1-3H3/t13-,15+/m0/s1. The van der Waals surface area contributed by atoms with Crippen molar-refractivity contribution in [1.82, 2.24) is 0 Å². The van der Waals surface area contributed by atoms with Gasteiger partial charge in [-0.3, -0.25) is 4.18 Å². The summed E-state index contributed by atoms with van der Waals surface area (Å²) in [5.41, 5.74) is 0.985. The lowest BCUT2D eigenvalue weighted by Crippen LogP contribution is -2.19. The molecule has 1 N–H and O–H groups in total. The number of hydrogen-bond donors (Lipinski definition) is 1. The van der Waals surface area contributed by atoms with E-state index in [1.54, 1.807) is 12.1 Å². The third-order valence-electron chi connectivity index (χ3n) is 3.66. The summed E-state index contributed by atoms with van der Waals surface area (Å²) in [4.78, 5) is 0.125. The maximum Gasteiger partial charge on any atom is 0.297 e. The second-order valence-corrected chi connectivity index (χ2v) is 7.27. The summed E-state index contributed by atoms with van der Waals surface area (Å²) in [5, 5.41) is 9.80. The molecule has 1 aromatic carbocycles.